The zero-order valence-electron chi connectivity index (χ0n) is 14.5. The van der Waals surface area contributed by atoms with Crippen molar-refractivity contribution in [3.63, 3.8) is 0 Å². The quantitative estimate of drug-likeness (QED) is 0.710. The zero-order chi connectivity index (χ0) is 18.5. The van der Waals surface area contributed by atoms with Gasteiger partial charge in [-0.05, 0) is 50.5 Å². The molecule has 1 aliphatic carbocycles. The van der Waals surface area contributed by atoms with Crippen LogP contribution in [0, 0.1) is 6.92 Å². The van der Waals surface area contributed by atoms with Gasteiger partial charge in [0.25, 0.3) is 0 Å². The molecule has 0 saturated carbocycles. The van der Waals surface area contributed by atoms with Crippen LogP contribution in [0.3, 0.4) is 0 Å². The van der Waals surface area contributed by atoms with Gasteiger partial charge in [0.1, 0.15) is 5.58 Å². The van der Waals surface area contributed by atoms with Gasteiger partial charge in [0, 0.05) is 29.8 Å². The number of sulfonamides is 1. The molecule has 2 heterocycles. The summed E-state index contributed by atoms with van der Waals surface area (Å²) in [6.45, 7) is 1.91. The maximum Gasteiger partial charge on any atom is 0.336 e. The molecule has 4 rings (SSSR count). The molecule has 1 N–H and O–H groups in total. The summed E-state index contributed by atoms with van der Waals surface area (Å²) < 4.78 is 35.5. The van der Waals surface area contributed by atoms with E-state index < -0.39 is 15.6 Å². The molecule has 0 spiro atoms. The standard InChI is InChI=1S/C18H19N3O4S/c1-11-18-14(4-3-5-15(18)21(2)19-11)20-26(23,24)13-7-8-16-12(10-13)6-9-17(22)25-16/h6-10,14,20H,3-5H2,1-2H3. The Labute approximate surface area is 150 Å². The van der Waals surface area contributed by atoms with Gasteiger partial charge in [0.05, 0.1) is 16.6 Å². The van der Waals surface area contributed by atoms with E-state index in [1.807, 2.05) is 18.7 Å². The van der Waals surface area contributed by atoms with Gasteiger partial charge >= 0.3 is 5.63 Å². The third-order valence-corrected chi connectivity index (χ3v) is 6.31. The van der Waals surface area contributed by atoms with E-state index in [1.165, 1.54) is 24.3 Å². The second kappa shape index (κ2) is 6.07. The molecular weight excluding hydrogens is 354 g/mol. The topological polar surface area (TPSA) is 94.2 Å². The number of benzene rings is 1. The summed E-state index contributed by atoms with van der Waals surface area (Å²) in [5, 5.41) is 5.00. The van der Waals surface area contributed by atoms with Gasteiger partial charge in [-0.1, -0.05) is 0 Å². The van der Waals surface area contributed by atoms with Crippen molar-refractivity contribution in [1.29, 1.82) is 0 Å². The van der Waals surface area contributed by atoms with Gasteiger partial charge in [-0.3, -0.25) is 4.68 Å². The highest BCUT2D eigenvalue weighted by molar-refractivity contribution is 7.89. The zero-order valence-corrected chi connectivity index (χ0v) is 15.3. The first-order chi connectivity index (χ1) is 12.3. The molecule has 136 valence electrons. The SMILES string of the molecule is Cc1nn(C)c2c1C(NS(=O)(=O)c1ccc3oc(=O)ccc3c1)CCC2. The van der Waals surface area contributed by atoms with Crippen LogP contribution in [0.15, 0.2) is 44.4 Å². The summed E-state index contributed by atoms with van der Waals surface area (Å²) in [6, 6.07) is 7.02. The molecule has 0 aliphatic heterocycles. The summed E-state index contributed by atoms with van der Waals surface area (Å²) in [6.07, 6.45) is 2.54. The maximum atomic E-state index is 12.9. The molecule has 8 heteroatoms. The third-order valence-electron chi connectivity index (χ3n) is 4.84. The van der Waals surface area contributed by atoms with Crippen molar-refractivity contribution in [1.82, 2.24) is 14.5 Å². The van der Waals surface area contributed by atoms with Gasteiger partial charge < -0.3 is 4.42 Å². The van der Waals surface area contributed by atoms with Crippen molar-refractivity contribution in [3.8, 4) is 0 Å². The summed E-state index contributed by atoms with van der Waals surface area (Å²) >= 11 is 0. The first-order valence-electron chi connectivity index (χ1n) is 8.44. The fourth-order valence-electron chi connectivity index (χ4n) is 3.68. The van der Waals surface area contributed by atoms with Crippen molar-refractivity contribution in [2.45, 2.75) is 37.1 Å². The van der Waals surface area contributed by atoms with Gasteiger partial charge in [0.15, 0.2) is 0 Å². The van der Waals surface area contributed by atoms with Gasteiger partial charge in [-0.15, -0.1) is 0 Å². The molecule has 26 heavy (non-hydrogen) atoms. The maximum absolute atomic E-state index is 12.9. The van der Waals surface area contributed by atoms with Crippen LogP contribution in [0.25, 0.3) is 11.0 Å². The highest BCUT2D eigenvalue weighted by Crippen LogP contribution is 2.33. The van der Waals surface area contributed by atoms with Crippen LogP contribution in [-0.2, 0) is 23.5 Å². The Morgan fingerprint density at radius 3 is 2.88 bits per heavy atom. The van der Waals surface area contributed by atoms with Crippen LogP contribution in [0.2, 0.25) is 0 Å². The van der Waals surface area contributed by atoms with E-state index in [0.29, 0.717) is 11.0 Å². The molecule has 3 aromatic rings. The largest absolute Gasteiger partial charge is 0.423 e. The molecule has 7 nitrogen and oxygen atoms in total. The Kier molecular flexibility index (Phi) is 3.96. The highest BCUT2D eigenvalue weighted by Gasteiger charge is 2.30. The highest BCUT2D eigenvalue weighted by atomic mass is 32.2. The molecule has 0 saturated heterocycles. The van der Waals surface area contributed by atoms with Crippen molar-refractivity contribution < 1.29 is 12.8 Å². The molecule has 1 unspecified atom stereocenters. The fourth-order valence-corrected chi connectivity index (χ4v) is 4.96. The minimum Gasteiger partial charge on any atom is -0.423 e. The Balaban J connectivity index is 1.71. The Morgan fingerprint density at radius 2 is 2.08 bits per heavy atom. The molecule has 1 atom stereocenters. The molecule has 0 amide bonds. The predicted octanol–water partition coefficient (Wildman–Crippen LogP) is 2.19. The first kappa shape index (κ1) is 17.0. The molecule has 2 aromatic heterocycles. The van der Waals surface area contributed by atoms with E-state index in [2.05, 4.69) is 9.82 Å². The van der Waals surface area contributed by atoms with E-state index >= 15 is 0 Å². The van der Waals surface area contributed by atoms with Crippen molar-refractivity contribution >= 4 is 21.0 Å². The van der Waals surface area contributed by atoms with Crippen LogP contribution in [0.1, 0.15) is 35.8 Å². The normalized spacial score (nSPS) is 17.4. The predicted molar refractivity (Wildman–Crippen MR) is 96.4 cm³/mol. The molecule has 0 radical (unpaired) electrons. The van der Waals surface area contributed by atoms with Crippen LogP contribution >= 0.6 is 0 Å². The van der Waals surface area contributed by atoms with E-state index in [4.69, 9.17) is 4.42 Å². The molecular formula is C18H19N3O4S. The number of rotatable bonds is 3. The number of nitrogens with zero attached hydrogens (tertiary/aromatic N) is 2. The van der Waals surface area contributed by atoms with Crippen molar-refractivity contribution in [2.24, 2.45) is 7.05 Å². The lowest BCUT2D eigenvalue weighted by atomic mass is 9.92. The van der Waals surface area contributed by atoms with E-state index in [9.17, 15) is 13.2 Å². The monoisotopic (exact) mass is 373 g/mol. The van der Waals surface area contributed by atoms with Gasteiger partial charge in [-0.25, -0.2) is 17.9 Å². The van der Waals surface area contributed by atoms with Gasteiger partial charge in [-0.2, -0.15) is 5.10 Å². The first-order valence-corrected chi connectivity index (χ1v) is 9.92. The summed E-state index contributed by atoms with van der Waals surface area (Å²) in [5.74, 6) is 0. The van der Waals surface area contributed by atoms with Crippen LogP contribution in [-0.4, -0.2) is 18.2 Å². The summed E-state index contributed by atoms with van der Waals surface area (Å²) in [7, 11) is -1.83. The number of aryl methyl sites for hydroxylation is 2. The minimum atomic E-state index is -3.72. The van der Waals surface area contributed by atoms with Gasteiger partial charge in [0.2, 0.25) is 10.0 Å². The average Bonchev–Trinajstić information content (AvgIpc) is 2.89. The molecule has 1 aliphatic rings. The fraction of sp³-hybridized carbons (Fsp3) is 0.333. The van der Waals surface area contributed by atoms with Crippen molar-refractivity contribution in [2.75, 3.05) is 0 Å². The van der Waals surface area contributed by atoms with Crippen molar-refractivity contribution in [3.05, 3.63) is 57.7 Å². The number of nitrogens with one attached hydrogen (secondary N) is 1. The molecule has 1 aromatic carbocycles. The number of fused-ring (bicyclic) bond motifs is 2. The van der Waals surface area contributed by atoms with Crippen LogP contribution < -0.4 is 10.3 Å². The Hall–Kier alpha value is -2.45. The third kappa shape index (κ3) is 2.85. The smallest absolute Gasteiger partial charge is 0.336 e. The second-order valence-corrected chi connectivity index (χ2v) is 8.30. The summed E-state index contributed by atoms with van der Waals surface area (Å²) in [5.41, 5.74) is 2.82. The molecule has 0 bridgehead atoms. The average molecular weight is 373 g/mol. The van der Waals surface area contributed by atoms with E-state index in [1.54, 1.807) is 6.07 Å². The van der Waals surface area contributed by atoms with E-state index in [0.717, 1.165) is 36.2 Å². The van der Waals surface area contributed by atoms with E-state index in [-0.39, 0.29) is 10.9 Å². The second-order valence-electron chi connectivity index (χ2n) is 6.59. The number of aromatic nitrogens is 2. The molecule has 0 fully saturated rings. The van der Waals surface area contributed by atoms with Crippen LogP contribution in [0.4, 0.5) is 0 Å². The summed E-state index contributed by atoms with van der Waals surface area (Å²) in [4.78, 5) is 11.4. The Morgan fingerprint density at radius 1 is 1.27 bits per heavy atom. The number of hydrogen-bond acceptors (Lipinski definition) is 5. The lowest BCUT2D eigenvalue weighted by molar-refractivity contribution is 0.497. The minimum absolute atomic E-state index is 0.146. The Bertz CT molecular complexity index is 1160. The lowest BCUT2D eigenvalue weighted by Gasteiger charge is -2.24. The number of hydrogen-bond donors (Lipinski definition) is 1. The lowest BCUT2D eigenvalue weighted by Crippen LogP contribution is -2.31. The van der Waals surface area contributed by atoms with Crippen LogP contribution in [0.5, 0.6) is 0 Å².